The molecule has 1 unspecified atom stereocenters. The molecule has 106 valence electrons. The van der Waals surface area contributed by atoms with Gasteiger partial charge >= 0.3 is 6.09 Å². The number of nitrogens with two attached hydrogens (primary N) is 1. The van der Waals surface area contributed by atoms with E-state index in [0.717, 1.165) is 0 Å². The second kappa shape index (κ2) is 6.55. The van der Waals surface area contributed by atoms with E-state index in [1.54, 1.807) is 27.7 Å². The van der Waals surface area contributed by atoms with E-state index in [4.69, 9.17) is 10.8 Å². The van der Waals surface area contributed by atoms with Crippen molar-refractivity contribution in [3.63, 3.8) is 0 Å². The molecule has 7 heteroatoms. The zero-order chi connectivity index (χ0) is 14.5. The first-order valence-electron chi connectivity index (χ1n) is 5.65. The summed E-state index contributed by atoms with van der Waals surface area (Å²) >= 11 is 0. The lowest BCUT2D eigenvalue weighted by molar-refractivity contribution is -0.141. The summed E-state index contributed by atoms with van der Waals surface area (Å²) in [5.74, 6) is -0.697. The first-order chi connectivity index (χ1) is 8.09. The number of aliphatic hydroxyl groups is 2. The van der Waals surface area contributed by atoms with Gasteiger partial charge in [-0.1, -0.05) is 20.8 Å². The predicted octanol–water partition coefficient (Wildman–Crippen LogP) is -0.646. The number of aliphatic hydroxyl groups excluding tert-OH is 2. The lowest BCUT2D eigenvalue weighted by Crippen LogP contribution is -2.52. The molecule has 0 aromatic carbocycles. The molecule has 7 nitrogen and oxygen atoms in total. The summed E-state index contributed by atoms with van der Waals surface area (Å²) in [6.07, 6.45) is -3.76. The SMILES string of the molecule is C[C@@H](CO)NC(=O)[C@H](OC(N)=O)C(O)C(C)(C)C. The van der Waals surface area contributed by atoms with E-state index in [1.807, 2.05) is 0 Å². The topological polar surface area (TPSA) is 122 Å². The average Bonchev–Trinajstić information content (AvgIpc) is 2.22. The Bertz CT molecular complexity index is 300. The lowest BCUT2D eigenvalue weighted by Gasteiger charge is -2.31. The first-order valence-corrected chi connectivity index (χ1v) is 5.65. The van der Waals surface area contributed by atoms with Gasteiger partial charge in [-0.2, -0.15) is 0 Å². The molecule has 0 spiro atoms. The van der Waals surface area contributed by atoms with E-state index in [2.05, 4.69) is 10.1 Å². The van der Waals surface area contributed by atoms with Gasteiger partial charge in [0.1, 0.15) is 6.10 Å². The Labute approximate surface area is 106 Å². The molecule has 3 atom stereocenters. The van der Waals surface area contributed by atoms with Gasteiger partial charge in [0.05, 0.1) is 6.61 Å². The van der Waals surface area contributed by atoms with Gasteiger partial charge in [-0.25, -0.2) is 4.79 Å². The molecule has 0 aliphatic heterocycles. The second-order valence-corrected chi connectivity index (χ2v) is 5.26. The minimum absolute atomic E-state index is 0.263. The molecule has 2 amide bonds. The van der Waals surface area contributed by atoms with E-state index in [9.17, 15) is 14.7 Å². The van der Waals surface area contributed by atoms with Crippen molar-refractivity contribution in [1.29, 1.82) is 0 Å². The summed E-state index contributed by atoms with van der Waals surface area (Å²) < 4.78 is 4.64. The van der Waals surface area contributed by atoms with E-state index in [1.165, 1.54) is 0 Å². The Morgan fingerprint density at radius 1 is 1.39 bits per heavy atom. The molecule has 0 aromatic rings. The number of rotatable bonds is 5. The molecule has 5 N–H and O–H groups in total. The Morgan fingerprint density at radius 3 is 2.22 bits per heavy atom. The zero-order valence-electron chi connectivity index (χ0n) is 11.1. The standard InChI is InChI=1S/C11H22N2O5/c1-6(5-14)13-9(16)7(18-10(12)17)8(15)11(2,3)4/h6-8,14-15H,5H2,1-4H3,(H2,12,17)(H,13,16)/t6-,7+,8?/m0/s1. The van der Waals surface area contributed by atoms with Crippen molar-refractivity contribution in [3.8, 4) is 0 Å². The molecule has 0 aromatic heterocycles. The fourth-order valence-corrected chi connectivity index (χ4v) is 1.21. The predicted molar refractivity (Wildman–Crippen MR) is 64.6 cm³/mol. The summed E-state index contributed by atoms with van der Waals surface area (Å²) in [6.45, 7) is 6.39. The number of carbonyl (C=O) groups is 2. The number of carbonyl (C=O) groups excluding carboxylic acids is 2. The van der Waals surface area contributed by atoms with Gasteiger partial charge in [0, 0.05) is 6.04 Å². The zero-order valence-corrected chi connectivity index (χ0v) is 11.1. The number of ether oxygens (including phenoxy) is 1. The third-order valence-electron chi connectivity index (χ3n) is 2.34. The average molecular weight is 262 g/mol. The Balaban J connectivity index is 4.88. The highest BCUT2D eigenvalue weighted by Gasteiger charge is 2.38. The number of amides is 2. The Kier molecular flexibility index (Phi) is 6.07. The summed E-state index contributed by atoms with van der Waals surface area (Å²) in [5.41, 5.74) is 4.21. The maximum absolute atomic E-state index is 11.8. The third-order valence-corrected chi connectivity index (χ3v) is 2.34. The molecular weight excluding hydrogens is 240 g/mol. The number of nitrogens with one attached hydrogen (secondary N) is 1. The van der Waals surface area contributed by atoms with Gasteiger partial charge in [0.15, 0.2) is 0 Å². The smallest absolute Gasteiger partial charge is 0.405 e. The van der Waals surface area contributed by atoms with Crippen molar-refractivity contribution in [2.24, 2.45) is 11.1 Å². The minimum atomic E-state index is -1.41. The van der Waals surface area contributed by atoms with Crippen LogP contribution in [0.5, 0.6) is 0 Å². The van der Waals surface area contributed by atoms with Crippen LogP contribution in [0, 0.1) is 5.41 Å². The van der Waals surface area contributed by atoms with E-state index in [-0.39, 0.29) is 6.61 Å². The van der Waals surface area contributed by atoms with Crippen molar-refractivity contribution in [2.45, 2.75) is 45.9 Å². The van der Waals surface area contributed by atoms with Crippen molar-refractivity contribution in [2.75, 3.05) is 6.61 Å². The maximum Gasteiger partial charge on any atom is 0.405 e. The molecule has 0 rings (SSSR count). The van der Waals surface area contributed by atoms with Crippen LogP contribution in [0.3, 0.4) is 0 Å². The molecule has 0 heterocycles. The summed E-state index contributed by atoms with van der Waals surface area (Å²) in [7, 11) is 0. The number of hydrogen-bond acceptors (Lipinski definition) is 5. The fraction of sp³-hybridized carbons (Fsp3) is 0.818. The van der Waals surface area contributed by atoms with Crippen LogP contribution >= 0.6 is 0 Å². The van der Waals surface area contributed by atoms with Crippen molar-refractivity contribution in [1.82, 2.24) is 5.32 Å². The van der Waals surface area contributed by atoms with Crippen molar-refractivity contribution < 1.29 is 24.5 Å². The summed E-state index contributed by atoms with van der Waals surface area (Å²) in [5, 5.41) is 21.2. The van der Waals surface area contributed by atoms with Crippen LogP contribution in [0.1, 0.15) is 27.7 Å². The van der Waals surface area contributed by atoms with Crippen LogP contribution < -0.4 is 11.1 Å². The second-order valence-electron chi connectivity index (χ2n) is 5.26. The van der Waals surface area contributed by atoms with Crippen LogP contribution in [0.4, 0.5) is 4.79 Å². The van der Waals surface area contributed by atoms with Crippen LogP contribution in [-0.2, 0) is 9.53 Å². The monoisotopic (exact) mass is 262 g/mol. The fourth-order valence-electron chi connectivity index (χ4n) is 1.21. The van der Waals surface area contributed by atoms with Gasteiger partial charge < -0.3 is 26.0 Å². The molecule has 0 aliphatic carbocycles. The minimum Gasteiger partial charge on any atom is -0.433 e. The largest absolute Gasteiger partial charge is 0.433 e. The molecular formula is C11H22N2O5. The summed E-state index contributed by atoms with van der Waals surface area (Å²) in [6, 6.07) is -0.511. The van der Waals surface area contributed by atoms with Gasteiger partial charge in [0.2, 0.25) is 6.10 Å². The highest BCUT2D eigenvalue weighted by Crippen LogP contribution is 2.23. The van der Waals surface area contributed by atoms with Gasteiger partial charge in [-0.05, 0) is 12.3 Å². The molecule has 18 heavy (non-hydrogen) atoms. The van der Waals surface area contributed by atoms with Gasteiger partial charge in [-0.3, -0.25) is 4.79 Å². The van der Waals surface area contributed by atoms with E-state index in [0.29, 0.717) is 0 Å². The molecule has 0 fully saturated rings. The normalized spacial score (nSPS) is 16.6. The highest BCUT2D eigenvalue weighted by atomic mass is 16.6. The van der Waals surface area contributed by atoms with Crippen molar-refractivity contribution in [3.05, 3.63) is 0 Å². The molecule has 0 saturated heterocycles. The van der Waals surface area contributed by atoms with E-state index >= 15 is 0 Å². The molecule has 0 saturated carbocycles. The number of primary amides is 1. The highest BCUT2D eigenvalue weighted by molar-refractivity contribution is 5.84. The van der Waals surface area contributed by atoms with Crippen LogP contribution in [0.2, 0.25) is 0 Å². The van der Waals surface area contributed by atoms with Crippen LogP contribution in [0.25, 0.3) is 0 Å². The quantitative estimate of drug-likeness (QED) is 0.524. The summed E-state index contributed by atoms with van der Waals surface area (Å²) in [4.78, 5) is 22.6. The van der Waals surface area contributed by atoms with E-state index < -0.39 is 35.7 Å². The van der Waals surface area contributed by atoms with Crippen molar-refractivity contribution >= 4 is 12.0 Å². The Morgan fingerprint density at radius 2 is 1.89 bits per heavy atom. The maximum atomic E-state index is 11.8. The van der Waals surface area contributed by atoms with Gasteiger partial charge in [-0.15, -0.1) is 0 Å². The van der Waals surface area contributed by atoms with Gasteiger partial charge in [0.25, 0.3) is 5.91 Å². The first kappa shape index (κ1) is 16.7. The Hall–Kier alpha value is -1.34. The van der Waals surface area contributed by atoms with Crippen LogP contribution in [0.15, 0.2) is 0 Å². The number of hydrogen-bond donors (Lipinski definition) is 4. The molecule has 0 radical (unpaired) electrons. The third kappa shape index (κ3) is 5.33. The van der Waals surface area contributed by atoms with Crippen LogP contribution in [-0.4, -0.2) is 47.1 Å². The molecule has 0 aliphatic rings. The molecule has 0 bridgehead atoms. The lowest BCUT2D eigenvalue weighted by atomic mass is 9.85.